The van der Waals surface area contributed by atoms with Crippen LogP contribution in [0.5, 0.6) is 0 Å². The predicted octanol–water partition coefficient (Wildman–Crippen LogP) is 15.5. The Morgan fingerprint density at radius 1 is 0.593 bits per heavy atom. The first-order valence-electron chi connectivity index (χ1n) is 21.2. The van der Waals surface area contributed by atoms with Crippen LogP contribution < -0.4 is 15.1 Å². The van der Waals surface area contributed by atoms with Gasteiger partial charge in [-0.15, -0.1) is 0 Å². The lowest BCUT2D eigenvalue weighted by molar-refractivity contribution is 0.876. The predicted molar refractivity (Wildman–Crippen MR) is 266 cm³/mol. The van der Waals surface area contributed by atoms with E-state index < -0.39 is 0 Å². The fourth-order valence-electron chi connectivity index (χ4n) is 8.98. The number of aryl methyl sites for hydroxylation is 5. The summed E-state index contributed by atoms with van der Waals surface area (Å²) in [5.74, 6) is 0.0202. The van der Waals surface area contributed by atoms with Crippen LogP contribution >= 0.6 is 22.6 Å². The maximum absolute atomic E-state index is 3.92. The second-order valence-electron chi connectivity index (χ2n) is 16.1. The molecule has 0 radical (unpaired) electrons. The third kappa shape index (κ3) is 9.13. The van der Waals surface area contributed by atoms with Crippen molar-refractivity contribution in [3.05, 3.63) is 199 Å². The van der Waals surface area contributed by atoms with Crippen molar-refractivity contribution in [3.63, 3.8) is 0 Å². The molecule has 1 N–H and O–H groups in total. The van der Waals surface area contributed by atoms with Crippen LogP contribution in [0.4, 0.5) is 28.4 Å². The van der Waals surface area contributed by atoms with E-state index in [1.807, 2.05) is 6.08 Å². The zero-order valence-corrected chi connectivity index (χ0v) is 38.0. The lowest BCUT2D eigenvalue weighted by Gasteiger charge is -2.30. The fourth-order valence-corrected chi connectivity index (χ4v) is 10.2. The number of hydrogen-bond donors (Lipinski definition) is 1. The van der Waals surface area contributed by atoms with Gasteiger partial charge in [-0.3, -0.25) is 0 Å². The van der Waals surface area contributed by atoms with E-state index in [2.05, 4.69) is 226 Å². The first kappa shape index (κ1) is 41.8. The number of halogens is 1. The topological polar surface area (TPSA) is 18.5 Å². The van der Waals surface area contributed by atoms with E-state index in [1.165, 1.54) is 87.2 Å². The van der Waals surface area contributed by atoms with Crippen molar-refractivity contribution in [3.8, 4) is 0 Å². The summed E-state index contributed by atoms with van der Waals surface area (Å²) in [4.78, 5) is 5.01. The molecule has 59 heavy (non-hydrogen) atoms. The van der Waals surface area contributed by atoms with E-state index in [1.54, 1.807) is 0 Å². The molecule has 300 valence electrons. The molecule has 7 aromatic rings. The molecule has 0 saturated carbocycles. The zero-order chi connectivity index (χ0) is 41.6. The van der Waals surface area contributed by atoms with Crippen LogP contribution in [0.3, 0.4) is 0 Å². The van der Waals surface area contributed by atoms with Gasteiger partial charge in [0.15, 0.2) is 0 Å². The summed E-state index contributed by atoms with van der Waals surface area (Å²) in [5.41, 5.74) is 19.0. The van der Waals surface area contributed by atoms with Crippen LogP contribution in [0, 0.1) is 38.2 Å². The first-order valence-corrected chi connectivity index (χ1v) is 22.2. The van der Waals surface area contributed by atoms with Gasteiger partial charge < -0.3 is 15.1 Å². The molecule has 0 bridgehead atoms. The van der Waals surface area contributed by atoms with E-state index >= 15 is 0 Å². The van der Waals surface area contributed by atoms with Gasteiger partial charge in [-0.25, -0.2) is 0 Å². The lowest BCUT2D eigenvalue weighted by atomic mass is 9.82. The molecule has 0 fully saturated rings. The second kappa shape index (κ2) is 18.7. The molecule has 0 heterocycles. The summed E-state index contributed by atoms with van der Waals surface area (Å²) >= 11 is 2.52. The molecule has 0 saturated heterocycles. The van der Waals surface area contributed by atoms with E-state index in [0.29, 0.717) is 0 Å². The van der Waals surface area contributed by atoms with E-state index in [9.17, 15) is 0 Å². The summed E-state index contributed by atoms with van der Waals surface area (Å²) in [5, 5.41) is 6.25. The van der Waals surface area contributed by atoms with Gasteiger partial charge >= 0.3 is 0 Å². The number of anilines is 5. The van der Waals surface area contributed by atoms with Crippen LogP contribution in [0.1, 0.15) is 88.2 Å². The van der Waals surface area contributed by atoms with Gasteiger partial charge in [0, 0.05) is 57.3 Å². The molecule has 3 nitrogen and oxygen atoms in total. The van der Waals surface area contributed by atoms with Crippen molar-refractivity contribution in [2.24, 2.45) is 0 Å². The Morgan fingerprint density at radius 2 is 1.10 bits per heavy atom. The first-order chi connectivity index (χ1) is 28.6. The van der Waals surface area contributed by atoms with Gasteiger partial charge in [-0.05, 0) is 162 Å². The lowest BCUT2D eigenvalue weighted by Crippen LogP contribution is -2.20. The highest BCUT2D eigenvalue weighted by atomic mass is 127. The Morgan fingerprint density at radius 3 is 1.63 bits per heavy atom. The minimum atomic E-state index is 0.0202. The summed E-state index contributed by atoms with van der Waals surface area (Å²) in [7, 11) is 0. The number of fused-ring (bicyclic) bond motifs is 1. The summed E-state index contributed by atoms with van der Waals surface area (Å²) in [6.07, 6.45) is 4.01. The molecule has 0 spiro atoms. The Labute approximate surface area is 367 Å². The standard InChI is InChI=1S/C55H58IN3/c1-9-30-58(54-39(6)32-37(4)33-40(54)7)46-24-20-44(21-25-46)53(45-22-26-47(27-23-45)59(31-10-2)55-41(8)34-38(5)35-51(55)56)50-28-29-52(49-15-13-12-14-48(49)50)57-36-43-18-16-42(11-3)17-19-43/h11-29,32-35,53,57H,3,9-10,30-31,36H2,1-2,4-8H3. The monoisotopic (exact) mass is 887 g/mol. The van der Waals surface area contributed by atoms with Gasteiger partial charge in [0.05, 0.1) is 5.69 Å². The van der Waals surface area contributed by atoms with Gasteiger partial charge in [0.25, 0.3) is 0 Å². The highest BCUT2D eigenvalue weighted by Crippen LogP contribution is 2.42. The Hall–Kier alpha value is -5.33. The molecule has 0 aromatic heterocycles. The van der Waals surface area contributed by atoms with Crippen LogP contribution in [0.25, 0.3) is 16.8 Å². The highest BCUT2D eigenvalue weighted by Gasteiger charge is 2.23. The minimum Gasteiger partial charge on any atom is -0.380 e. The van der Waals surface area contributed by atoms with Crippen molar-refractivity contribution < 1.29 is 0 Å². The Bertz CT molecular complexity index is 2390. The smallest absolute Gasteiger partial charge is 0.0576 e. The average Bonchev–Trinajstić information content (AvgIpc) is 3.23. The molecule has 0 aliphatic rings. The molecule has 0 aliphatic heterocycles. The molecule has 1 unspecified atom stereocenters. The minimum absolute atomic E-state index is 0.0202. The molecule has 7 rings (SSSR count). The maximum Gasteiger partial charge on any atom is 0.0576 e. The van der Waals surface area contributed by atoms with E-state index in [-0.39, 0.29) is 5.92 Å². The summed E-state index contributed by atoms with van der Waals surface area (Å²) in [6.45, 7) is 22.2. The van der Waals surface area contributed by atoms with Gasteiger partial charge in [0.1, 0.15) is 0 Å². The summed E-state index contributed by atoms with van der Waals surface area (Å²) < 4.78 is 1.29. The zero-order valence-electron chi connectivity index (χ0n) is 35.9. The number of rotatable bonds is 15. The molecule has 7 aromatic carbocycles. The van der Waals surface area contributed by atoms with Gasteiger partial charge in [0.2, 0.25) is 0 Å². The average molecular weight is 888 g/mol. The van der Waals surface area contributed by atoms with Crippen molar-refractivity contribution in [2.45, 2.75) is 73.8 Å². The largest absolute Gasteiger partial charge is 0.380 e. The highest BCUT2D eigenvalue weighted by molar-refractivity contribution is 14.1. The van der Waals surface area contributed by atoms with Crippen LogP contribution in [0.2, 0.25) is 0 Å². The van der Waals surface area contributed by atoms with Crippen molar-refractivity contribution in [1.82, 2.24) is 0 Å². The second-order valence-corrected chi connectivity index (χ2v) is 17.3. The molecule has 0 amide bonds. The molecule has 4 heteroatoms. The van der Waals surface area contributed by atoms with Crippen molar-refractivity contribution in [2.75, 3.05) is 28.2 Å². The maximum atomic E-state index is 3.92. The van der Waals surface area contributed by atoms with Crippen LogP contribution in [0.15, 0.2) is 140 Å². The number of nitrogens with one attached hydrogen (secondary N) is 1. The van der Waals surface area contributed by atoms with Crippen molar-refractivity contribution in [1.29, 1.82) is 0 Å². The quantitative estimate of drug-likeness (QED) is 0.0817. The third-order valence-corrected chi connectivity index (χ3v) is 12.3. The van der Waals surface area contributed by atoms with E-state index in [4.69, 9.17) is 0 Å². The number of hydrogen-bond acceptors (Lipinski definition) is 3. The number of nitrogens with zero attached hydrogens (tertiary/aromatic N) is 2. The van der Waals surface area contributed by atoms with Gasteiger partial charge in [-0.2, -0.15) is 0 Å². The molecule has 1 atom stereocenters. The molecular weight excluding hydrogens is 830 g/mol. The van der Waals surface area contributed by atoms with Crippen LogP contribution in [-0.2, 0) is 6.54 Å². The van der Waals surface area contributed by atoms with Crippen LogP contribution in [-0.4, -0.2) is 13.1 Å². The SMILES string of the molecule is C=Cc1ccc(CNc2ccc(C(c3ccc(N(CCC)c4c(C)cc(C)cc4C)cc3)c3ccc(N(CCC)c4c(C)cc(C)cc4I)cc3)c3ccccc23)cc1. The fraction of sp³-hybridized carbons (Fsp3) is 0.236. The Kier molecular flexibility index (Phi) is 13.3. The normalized spacial score (nSPS) is 11.7. The number of benzene rings is 7. The third-order valence-electron chi connectivity index (χ3n) is 11.5. The van der Waals surface area contributed by atoms with Crippen molar-refractivity contribution >= 4 is 67.9 Å². The Balaban J connectivity index is 1.32. The molecular formula is C55H58IN3. The summed E-state index contributed by atoms with van der Waals surface area (Å²) in [6, 6.07) is 50.1. The van der Waals surface area contributed by atoms with Gasteiger partial charge in [-0.1, -0.05) is 129 Å². The van der Waals surface area contributed by atoms with E-state index in [0.717, 1.165) is 43.7 Å². The molecule has 0 aliphatic carbocycles.